The molecule has 1 aliphatic heterocycles. The molecule has 2 aromatic rings. The van der Waals surface area contributed by atoms with Gasteiger partial charge in [0, 0.05) is 19.0 Å². The normalized spacial score (nSPS) is 19.0. The molecule has 158 valence electrons. The molecule has 7 heteroatoms. The van der Waals surface area contributed by atoms with Crippen LogP contribution >= 0.6 is 0 Å². The monoisotopic (exact) mass is 428 g/mol. The summed E-state index contributed by atoms with van der Waals surface area (Å²) in [5, 5.41) is 0. The Hall–Kier alpha value is -2.41. The van der Waals surface area contributed by atoms with Crippen LogP contribution in [-0.2, 0) is 27.0 Å². The molecule has 2 aliphatic carbocycles. The van der Waals surface area contributed by atoms with Gasteiger partial charge in [0.15, 0.2) is 0 Å². The Kier molecular flexibility index (Phi) is 4.81. The van der Waals surface area contributed by atoms with Gasteiger partial charge in [-0.15, -0.1) is 0 Å². The third-order valence-electron chi connectivity index (χ3n) is 6.12. The van der Waals surface area contributed by atoms with Crippen LogP contribution < -0.4 is 9.62 Å². The van der Waals surface area contributed by atoms with Gasteiger partial charge in [0.1, 0.15) is 5.82 Å². The molecule has 0 spiro atoms. The van der Waals surface area contributed by atoms with Gasteiger partial charge in [0.2, 0.25) is 15.9 Å². The number of aryl methyl sites for hydroxylation is 1. The maximum Gasteiger partial charge on any atom is 0.236 e. The zero-order valence-electron chi connectivity index (χ0n) is 16.7. The summed E-state index contributed by atoms with van der Waals surface area (Å²) in [4.78, 5) is 13.9. The lowest BCUT2D eigenvalue weighted by Crippen LogP contribution is -2.37. The summed E-state index contributed by atoms with van der Waals surface area (Å²) in [6, 6.07) is 10.5. The second-order valence-corrected chi connectivity index (χ2v) is 10.5. The van der Waals surface area contributed by atoms with Gasteiger partial charge >= 0.3 is 0 Å². The Morgan fingerprint density at radius 1 is 1.03 bits per heavy atom. The average molecular weight is 429 g/mol. The van der Waals surface area contributed by atoms with Crippen LogP contribution in [-0.4, -0.2) is 20.9 Å². The fourth-order valence-electron chi connectivity index (χ4n) is 4.20. The van der Waals surface area contributed by atoms with E-state index in [0.29, 0.717) is 48.0 Å². The summed E-state index contributed by atoms with van der Waals surface area (Å²) in [5.74, 6) is 0.300. The first kappa shape index (κ1) is 19.5. The summed E-state index contributed by atoms with van der Waals surface area (Å²) >= 11 is 0. The molecule has 3 aliphatic rings. The van der Waals surface area contributed by atoms with Gasteiger partial charge in [0.05, 0.1) is 17.1 Å². The summed E-state index contributed by atoms with van der Waals surface area (Å²) in [6.07, 6.45) is 5.28. The lowest BCUT2D eigenvalue weighted by molar-refractivity contribution is -0.119. The minimum atomic E-state index is -3.68. The standard InChI is InChI=1S/C23H25FN2O3S/c24-21-12-20(11-19-9-10-22(27)26(23(19)21)13-15-1-2-15)25-30(28,29)14-16-3-5-17(6-4-16)18-7-8-18/h3-6,11-12,15,18,25H,1-2,7-10,13-14H2. The van der Waals surface area contributed by atoms with E-state index in [1.54, 1.807) is 11.0 Å². The molecular weight excluding hydrogens is 403 g/mol. The van der Waals surface area contributed by atoms with Gasteiger partial charge in [-0.25, -0.2) is 12.8 Å². The van der Waals surface area contributed by atoms with Crippen LogP contribution in [0.1, 0.15) is 54.7 Å². The molecule has 0 radical (unpaired) electrons. The van der Waals surface area contributed by atoms with Crippen molar-refractivity contribution in [2.45, 2.75) is 50.2 Å². The largest absolute Gasteiger partial charge is 0.309 e. The van der Waals surface area contributed by atoms with Crippen molar-refractivity contribution in [3.8, 4) is 0 Å². The van der Waals surface area contributed by atoms with Crippen LogP contribution in [0.2, 0.25) is 0 Å². The number of hydrogen-bond acceptors (Lipinski definition) is 3. The molecule has 0 bridgehead atoms. The minimum Gasteiger partial charge on any atom is -0.309 e. The van der Waals surface area contributed by atoms with E-state index in [2.05, 4.69) is 4.72 Å². The molecule has 0 saturated heterocycles. The third-order valence-corrected chi connectivity index (χ3v) is 7.38. The predicted molar refractivity (Wildman–Crippen MR) is 114 cm³/mol. The maximum atomic E-state index is 14.9. The predicted octanol–water partition coefficient (Wildman–Crippen LogP) is 4.33. The molecule has 5 nitrogen and oxygen atoms in total. The van der Waals surface area contributed by atoms with E-state index in [9.17, 15) is 17.6 Å². The van der Waals surface area contributed by atoms with Crippen LogP contribution in [0.15, 0.2) is 36.4 Å². The van der Waals surface area contributed by atoms with Crippen molar-refractivity contribution in [2.75, 3.05) is 16.2 Å². The highest BCUT2D eigenvalue weighted by atomic mass is 32.2. The molecule has 5 rings (SSSR count). The third kappa shape index (κ3) is 4.21. The number of nitrogens with zero attached hydrogens (tertiary/aromatic N) is 1. The highest BCUT2D eigenvalue weighted by Crippen LogP contribution is 2.40. The Bertz CT molecular complexity index is 1090. The Morgan fingerprint density at radius 2 is 1.77 bits per heavy atom. The highest BCUT2D eigenvalue weighted by molar-refractivity contribution is 7.91. The van der Waals surface area contributed by atoms with Crippen molar-refractivity contribution in [1.82, 2.24) is 0 Å². The van der Waals surface area contributed by atoms with Crippen molar-refractivity contribution in [1.29, 1.82) is 0 Å². The molecule has 2 aromatic carbocycles. The molecule has 1 N–H and O–H groups in total. The number of fused-ring (bicyclic) bond motifs is 1. The molecule has 0 unspecified atom stereocenters. The minimum absolute atomic E-state index is 0.0590. The number of carbonyl (C=O) groups is 1. The quantitative estimate of drug-likeness (QED) is 0.714. The lowest BCUT2D eigenvalue weighted by Gasteiger charge is -2.30. The SMILES string of the molecule is O=C1CCc2cc(NS(=O)(=O)Cc3ccc(C4CC4)cc3)cc(F)c2N1CC1CC1. The number of benzene rings is 2. The zero-order valence-corrected chi connectivity index (χ0v) is 17.6. The molecule has 2 saturated carbocycles. The molecule has 1 amide bonds. The number of anilines is 2. The summed E-state index contributed by atoms with van der Waals surface area (Å²) in [5.41, 5.74) is 3.16. The van der Waals surface area contributed by atoms with Gasteiger partial charge in [-0.1, -0.05) is 24.3 Å². The van der Waals surface area contributed by atoms with E-state index in [-0.39, 0.29) is 17.3 Å². The Balaban J connectivity index is 1.34. The molecule has 1 heterocycles. The number of halogens is 1. The van der Waals surface area contributed by atoms with Gasteiger partial charge in [-0.2, -0.15) is 0 Å². The molecule has 0 aromatic heterocycles. The molecule has 30 heavy (non-hydrogen) atoms. The number of amides is 1. The number of nitrogens with one attached hydrogen (secondary N) is 1. The second kappa shape index (κ2) is 7.38. The van der Waals surface area contributed by atoms with E-state index in [4.69, 9.17) is 0 Å². The molecule has 0 atom stereocenters. The van der Waals surface area contributed by atoms with Gasteiger partial charge in [0.25, 0.3) is 0 Å². The van der Waals surface area contributed by atoms with E-state index >= 15 is 0 Å². The van der Waals surface area contributed by atoms with Crippen LogP contribution in [0.5, 0.6) is 0 Å². The fraction of sp³-hybridized carbons (Fsp3) is 0.435. The smallest absolute Gasteiger partial charge is 0.236 e. The van der Waals surface area contributed by atoms with Gasteiger partial charge < -0.3 is 4.90 Å². The summed E-state index contributed by atoms with van der Waals surface area (Å²) in [6.45, 7) is 0.546. The van der Waals surface area contributed by atoms with E-state index in [1.165, 1.54) is 24.5 Å². The first-order valence-electron chi connectivity index (χ1n) is 10.6. The summed E-state index contributed by atoms with van der Waals surface area (Å²) in [7, 11) is -3.68. The van der Waals surface area contributed by atoms with Crippen LogP contribution in [0.4, 0.5) is 15.8 Å². The lowest BCUT2D eigenvalue weighted by atomic mass is 9.99. The number of sulfonamides is 1. The Morgan fingerprint density at radius 3 is 2.43 bits per heavy atom. The molecular formula is C23H25FN2O3S. The number of hydrogen-bond donors (Lipinski definition) is 1. The topological polar surface area (TPSA) is 66.5 Å². The van der Waals surface area contributed by atoms with E-state index in [1.807, 2.05) is 24.3 Å². The van der Waals surface area contributed by atoms with E-state index < -0.39 is 15.8 Å². The van der Waals surface area contributed by atoms with Gasteiger partial charge in [-0.3, -0.25) is 9.52 Å². The first-order valence-corrected chi connectivity index (χ1v) is 12.3. The van der Waals surface area contributed by atoms with Crippen LogP contribution in [0, 0.1) is 11.7 Å². The molecule has 2 fully saturated rings. The first-order chi connectivity index (χ1) is 14.4. The second-order valence-electron chi connectivity index (χ2n) is 8.79. The fourth-order valence-corrected chi connectivity index (χ4v) is 5.38. The van der Waals surface area contributed by atoms with Crippen molar-refractivity contribution in [2.24, 2.45) is 5.92 Å². The number of carbonyl (C=O) groups excluding carboxylic acids is 1. The van der Waals surface area contributed by atoms with Crippen LogP contribution in [0.25, 0.3) is 0 Å². The van der Waals surface area contributed by atoms with Gasteiger partial charge in [-0.05, 0) is 66.7 Å². The Labute approximate surface area is 176 Å². The zero-order chi connectivity index (χ0) is 20.9. The highest BCUT2D eigenvalue weighted by Gasteiger charge is 2.33. The van der Waals surface area contributed by atoms with Crippen molar-refractivity contribution in [3.05, 3.63) is 58.9 Å². The van der Waals surface area contributed by atoms with Crippen molar-refractivity contribution < 1.29 is 17.6 Å². The average Bonchev–Trinajstić information content (AvgIpc) is 3.58. The van der Waals surface area contributed by atoms with Crippen molar-refractivity contribution in [3.63, 3.8) is 0 Å². The maximum absolute atomic E-state index is 14.9. The van der Waals surface area contributed by atoms with Crippen LogP contribution in [0.3, 0.4) is 0 Å². The number of rotatable bonds is 7. The van der Waals surface area contributed by atoms with E-state index in [0.717, 1.165) is 12.8 Å². The van der Waals surface area contributed by atoms with Crippen molar-refractivity contribution >= 4 is 27.3 Å². The summed E-state index contributed by atoms with van der Waals surface area (Å²) < 4.78 is 42.7.